The Morgan fingerprint density at radius 3 is 2.93 bits per heavy atom. The number of aliphatic carboxylic acids is 1. The van der Waals surface area contributed by atoms with Gasteiger partial charge in [0, 0.05) is 30.7 Å². The molecule has 1 aliphatic rings. The van der Waals surface area contributed by atoms with Crippen LogP contribution in [0.1, 0.15) is 24.0 Å². The van der Waals surface area contributed by atoms with E-state index in [2.05, 4.69) is 15.3 Å². The van der Waals surface area contributed by atoms with E-state index in [1.165, 1.54) is 12.7 Å². The summed E-state index contributed by atoms with van der Waals surface area (Å²) in [6, 6.07) is 8.00. The third-order valence-corrected chi connectivity index (χ3v) is 5.21. The zero-order chi connectivity index (χ0) is 20.1. The van der Waals surface area contributed by atoms with Crippen LogP contribution in [0.3, 0.4) is 0 Å². The van der Waals surface area contributed by atoms with Crippen LogP contribution in [0.4, 0.5) is 11.6 Å². The van der Waals surface area contributed by atoms with Crippen molar-refractivity contribution in [2.24, 2.45) is 5.92 Å². The number of nitrogens with zero attached hydrogens (tertiary/aromatic N) is 3. The van der Waals surface area contributed by atoms with Gasteiger partial charge < -0.3 is 20.1 Å². The van der Waals surface area contributed by atoms with Crippen LogP contribution in [0.25, 0.3) is 0 Å². The van der Waals surface area contributed by atoms with Crippen molar-refractivity contribution in [1.29, 1.82) is 0 Å². The second-order valence-electron chi connectivity index (χ2n) is 6.97. The Hall–Kier alpha value is -2.54. The van der Waals surface area contributed by atoms with Crippen LogP contribution < -0.4 is 15.0 Å². The largest absolute Gasteiger partial charge is 0.481 e. The van der Waals surface area contributed by atoms with Gasteiger partial charge in [0.05, 0.1) is 13.0 Å². The SMILES string of the molecule is COc1nc(NCCc2ccc(Cl)cc2C)cc(N2CCCC(C(=O)O)C2)n1. The van der Waals surface area contributed by atoms with Crippen molar-refractivity contribution >= 4 is 29.2 Å². The average Bonchev–Trinajstić information content (AvgIpc) is 2.69. The number of benzene rings is 1. The number of carboxylic acid groups (broad SMARTS) is 1. The Balaban J connectivity index is 1.69. The number of rotatable bonds is 7. The minimum Gasteiger partial charge on any atom is -0.481 e. The lowest BCUT2D eigenvalue weighted by Gasteiger charge is -2.31. The van der Waals surface area contributed by atoms with Crippen LogP contribution in [-0.2, 0) is 11.2 Å². The summed E-state index contributed by atoms with van der Waals surface area (Å²) in [5.41, 5.74) is 2.38. The van der Waals surface area contributed by atoms with Crippen LogP contribution in [0.5, 0.6) is 6.01 Å². The Bertz CT molecular complexity index is 846. The minimum absolute atomic E-state index is 0.264. The molecule has 8 heteroatoms. The molecular weight excluding hydrogens is 380 g/mol. The molecule has 1 aromatic carbocycles. The molecule has 3 rings (SSSR count). The van der Waals surface area contributed by atoms with Gasteiger partial charge in [0.1, 0.15) is 11.6 Å². The number of nitrogens with one attached hydrogen (secondary N) is 1. The summed E-state index contributed by atoms with van der Waals surface area (Å²) >= 11 is 6.01. The molecule has 1 fully saturated rings. The molecule has 0 radical (unpaired) electrons. The van der Waals surface area contributed by atoms with Crippen molar-refractivity contribution in [2.75, 3.05) is 37.0 Å². The first-order chi connectivity index (χ1) is 13.5. The molecule has 1 aromatic heterocycles. The van der Waals surface area contributed by atoms with Gasteiger partial charge in [-0.3, -0.25) is 4.79 Å². The van der Waals surface area contributed by atoms with Gasteiger partial charge in [-0.2, -0.15) is 9.97 Å². The third-order valence-electron chi connectivity index (χ3n) is 4.97. The summed E-state index contributed by atoms with van der Waals surface area (Å²) in [4.78, 5) is 22.1. The standard InChI is InChI=1S/C20H25ClN4O3/c1-13-10-16(21)6-5-14(13)7-8-22-17-11-18(24-20(23-17)28-2)25-9-3-4-15(12-25)19(26)27/h5-6,10-11,15H,3-4,7-9,12H2,1-2H3,(H,26,27)(H,22,23,24). The molecular formula is C20H25ClN4O3. The maximum absolute atomic E-state index is 11.3. The molecule has 7 nitrogen and oxygen atoms in total. The van der Waals surface area contributed by atoms with E-state index >= 15 is 0 Å². The van der Waals surface area contributed by atoms with Gasteiger partial charge in [-0.15, -0.1) is 0 Å². The number of piperidine rings is 1. The highest BCUT2D eigenvalue weighted by molar-refractivity contribution is 6.30. The van der Waals surface area contributed by atoms with Gasteiger partial charge in [-0.05, 0) is 49.4 Å². The van der Waals surface area contributed by atoms with Gasteiger partial charge in [-0.25, -0.2) is 0 Å². The number of aromatic nitrogens is 2. The molecule has 28 heavy (non-hydrogen) atoms. The average molecular weight is 405 g/mol. The molecule has 2 N–H and O–H groups in total. The summed E-state index contributed by atoms with van der Waals surface area (Å²) in [6.45, 7) is 3.95. The van der Waals surface area contributed by atoms with Crippen molar-refractivity contribution in [2.45, 2.75) is 26.2 Å². The maximum Gasteiger partial charge on any atom is 0.320 e. The molecule has 150 valence electrons. The van der Waals surface area contributed by atoms with E-state index in [0.717, 1.165) is 30.0 Å². The summed E-state index contributed by atoms with van der Waals surface area (Å²) in [7, 11) is 1.52. The number of halogens is 1. The number of hydrogen-bond acceptors (Lipinski definition) is 6. The normalized spacial score (nSPS) is 16.7. The number of hydrogen-bond donors (Lipinski definition) is 2. The quantitative estimate of drug-likeness (QED) is 0.731. The topological polar surface area (TPSA) is 87.6 Å². The zero-order valence-corrected chi connectivity index (χ0v) is 16.9. The van der Waals surface area contributed by atoms with Crippen LogP contribution in [-0.4, -0.2) is 47.8 Å². The lowest BCUT2D eigenvalue weighted by molar-refractivity contribution is -0.141. The van der Waals surface area contributed by atoms with Crippen LogP contribution >= 0.6 is 11.6 Å². The van der Waals surface area contributed by atoms with E-state index in [0.29, 0.717) is 31.1 Å². The lowest BCUT2D eigenvalue weighted by Crippen LogP contribution is -2.39. The van der Waals surface area contributed by atoms with Crippen molar-refractivity contribution < 1.29 is 14.6 Å². The monoisotopic (exact) mass is 404 g/mol. The van der Waals surface area contributed by atoms with E-state index in [-0.39, 0.29) is 11.9 Å². The number of carboxylic acids is 1. The van der Waals surface area contributed by atoms with Crippen molar-refractivity contribution in [3.05, 3.63) is 40.4 Å². The van der Waals surface area contributed by atoms with Gasteiger partial charge in [0.25, 0.3) is 0 Å². The Kier molecular flexibility index (Phi) is 6.57. The number of anilines is 2. The first-order valence-corrected chi connectivity index (χ1v) is 9.74. The molecule has 1 aliphatic heterocycles. The maximum atomic E-state index is 11.3. The molecule has 2 aromatic rings. The molecule has 0 aliphatic carbocycles. The van der Waals surface area contributed by atoms with Gasteiger partial charge >= 0.3 is 12.0 Å². The first-order valence-electron chi connectivity index (χ1n) is 9.36. The zero-order valence-electron chi connectivity index (χ0n) is 16.1. The summed E-state index contributed by atoms with van der Waals surface area (Å²) < 4.78 is 5.24. The Morgan fingerprint density at radius 2 is 2.21 bits per heavy atom. The molecule has 1 saturated heterocycles. The van der Waals surface area contributed by atoms with E-state index in [1.807, 2.05) is 36.1 Å². The van der Waals surface area contributed by atoms with E-state index in [9.17, 15) is 9.90 Å². The van der Waals surface area contributed by atoms with Gasteiger partial charge in [0.2, 0.25) is 0 Å². The summed E-state index contributed by atoms with van der Waals surface area (Å²) in [5, 5.41) is 13.4. The fraction of sp³-hybridized carbons (Fsp3) is 0.450. The van der Waals surface area contributed by atoms with Crippen molar-refractivity contribution in [3.63, 3.8) is 0 Å². The number of aryl methyl sites for hydroxylation is 1. The molecule has 0 amide bonds. The smallest absolute Gasteiger partial charge is 0.320 e. The van der Waals surface area contributed by atoms with Crippen LogP contribution in [0.2, 0.25) is 5.02 Å². The molecule has 1 unspecified atom stereocenters. The highest BCUT2D eigenvalue weighted by Gasteiger charge is 2.26. The van der Waals surface area contributed by atoms with E-state index in [1.54, 1.807) is 0 Å². The van der Waals surface area contributed by atoms with Gasteiger partial charge in [0.15, 0.2) is 0 Å². The molecule has 0 spiro atoms. The number of ether oxygens (including phenoxy) is 1. The third kappa shape index (κ3) is 5.04. The minimum atomic E-state index is -0.762. The molecule has 1 atom stereocenters. The Labute approximate surface area is 169 Å². The fourth-order valence-corrected chi connectivity index (χ4v) is 3.64. The number of methoxy groups -OCH3 is 1. The lowest BCUT2D eigenvalue weighted by atomic mass is 9.98. The Morgan fingerprint density at radius 1 is 1.39 bits per heavy atom. The molecule has 0 bridgehead atoms. The fourth-order valence-electron chi connectivity index (χ4n) is 3.41. The predicted octanol–water partition coefficient (Wildman–Crippen LogP) is 3.40. The van der Waals surface area contributed by atoms with Crippen molar-refractivity contribution in [1.82, 2.24) is 9.97 Å². The van der Waals surface area contributed by atoms with Crippen LogP contribution in [0.15, 0.2) is 24.3 Å². The molecule has 2 heterocycles. The predicted molar refractivity (Wildman–Crippen MR) is 110 cm³/mol. The summed E-state index contributed by atoms with van der Waals surface area (Å²) in [6.07, 6.45) is 2.34. The molecule has 0 saturated carbocycles. The highest BCUT2D eigenvalue weighted by Crippen LogP contribution is 2.25. The van der Waals surface area contributed by atoms with Crippen molar-refractivity contribution in [3.8, 4) is 6.01 Å². The van der Waals surface area contributed by atoms with Gasteiger partial charge in [-0.1, -0.05) is 17.7 Å². The van der Waals surface area contributed by atoms with E-state index < -0.39 is 5.97 Å². The van der Waals surface area contributed by atoms with E-state index in [4.69, 9.17) is 16.3 Å². The number of carbonyl (C=O) groups is 1. The van der Waals surface area contributed by atoms with Crippen LogP contribution in [0, 0.1) is 12.8 Å². The first kappa shape index (κ1) is 20.2. The second-order valence-corrected chi connectivity index (χ2v) is 7.41. The second kappa shape index (κ2) is 9.10. The summed E-state index contributed by atoms with van der Waals surface area (Å²) in [5.74, 6) is 0.204. The highest BCUT2D eigenvalue weighted by atomic mass is 35.5.